The minimum absolute atomic E-state index is 0.163. The first-order valence-electron chi connectivity index (χ1n) is 6.64. The van der Waals surface area contributed by atoms with Gasteiger partial charge in [-0.1, -0.05) is 38.8 Å². The highest BCUT2D eigenvalue weighted by molar-refractivity contribution is 5.34. The summed E-state index contributed by atoms with van der Waals surface area (Å²) in [6.45, 7) is 5.05. The van der Waals surface area contributed by atoms with Crippen molar-refractivity contribution in [3.05, 3.63) is 39.9 Å². The predicted octanol–water partition coefficient (Wildman–Crippen LogP) is 3.65. The zero-order chi connectivity index (χ0) is 13.4. The molecule has 0 aromatic heterocycles. The van der Waals surface area contributed by atoms with E-state index in [1.807, 2.05) is 6.07 Å². The SMILES string of the molecule is CCCCC(CC)NCc1cccc([N+](=O)[O-])c1. The predicted molar refractivity (Wildman–Crippen MR) is 73.5 cm³/mol. The van der Waals surface area contributed by atoms with Crippen molar-refractivity contribution in [2.24, 2.45) is 0 Å². The molecule has 1 aromatic rings. The number of nitrogens with one attached hydrogen (secondary N) is 1. The molecule has 18 heavy (non-hydrogen) atoms. The summed E-state index contributed by atoms with van der Waals surface area (Å²) in [4.78, 5) is 10.3. The van der Waals surface area contributed by atoms with E-state index in [1.54, 1.807) is 12.1 Å². The molecule has 0 saturated carbocycles. The molecule has 0 saturated heterocycles. The number of hydrogen-bond donors (Lipinski definition) is 1. The van der Waals surface area contributed by atoms with E-state index in [-0.39, 0.29) is 10.6 Å². The molecule has 100 valence electrons. The van der Waals surface area contributed by atoms with Crippen molar-refractivity contribution in [1.29, 1.82) is 0 Å². The zero-order valence-electron chi connectivity index (χ0n) is 11.2. The van der Waals surface area contributed by atoms with Crippen LogP contribution in [0.25, 0.3) is 0 Å². The number of hydrogen-bond acceptors (Lipinski definition) is 3. The highest BCUT2D eigenvalue weighted by Crippen LogP contribution is 2.13. The van der Waals surface area contributed by atoms with E-state index in [9.17, 15) is 10.1 Å². The van der Waals surface area contributed by atoms with E-state index < -0.39 is 0 Å². The second-order valence-electron chi connectivity index (χ2n) is 4.56. The molecule has 0 aliphatic heterocycles. The normalized spacial score (nSPS) is 12.3. The van der Waals surface area contributed by atoms with Gasteiger partial charge in [0.1, 0.15) is 0 Å². The van der Waals surface area contributed by atoms with E-state index in [0.717, 1.165) is 12.0 Å². The quantitative estimate of drug-likeness (QED) is 0.566. The van der Waals surface area contributed by atoms with Crippen molar-refractivity contribution < 1.29 is 4.92 Å². The Labute approximate surface area is 109 Å². The number of nitro groups is 1. The Kier molecular flexibility index (Phi) is 6.36. The van der Waals surface area contributed by atoms with Crippen LogP contribution in [0.1, 0.15) is 45.1 Å². The van der Waals surface area contributed by atoms with Crippen molar-refractivity contribution in [1.82, 2.24) is 5.32 Å². The number of rotatable bonds is 8. The minimum atomic E-state index is -0.349. The third-order valence-corrected chi connectivity index (χ3v) is 3.12. The summed E-state index contributed by atoms with van der Waals surface area (Å²) in [5, 5.41) is 14.1. The van der Waals surface area contributed by atoms with Gasteiger partial charge in [0.25, 0.3) is 5.69 Å². The molecule has 0 amide bonds. The van der Waals surface area contributed by atoms with Crippen LogP contribution in [0.5, 0.6) is 0 Å². The average Bonchev–Trinajstić information content (AvgIpc) is 2.39. The Morgan fingerprint density at radius 2 is 2.17 bits per heavy atom. The molecule has 4 heteroatoms. The summed E-state index contributed by atoms with van der Waals surface area (Å²) in [5.74, 6) is 0. The molecular weight excluding hydrogens is 228 g/mol. The van der Waals surface area contributed by atoms with Crippen LogP contribution < -0.4 is 5.32 Å². The molecule has 1 N–H and O–H groups in total. The van der Waals surface area contributed by atoms with Crippen LogP contribution in [0, 0.1) is 10.1 Å². The van der Waals surface area contributed by atoms with Crippen molar-refractivity contribution in [3.63, 3.8) is 0 Å². The Bertz CT molecular complexity index is 380. The molecule has 1 unspecified atom stereocenters. The fourth-order valence-electron chi connectivity index (χ4n) is 1.94. The van der Waals surface area contributed by atoms with E-state index in [1.165, 1.54) is 25.3 Å². The average molecular weight is 250 g/mol. The molecule has 0 heterocycles. The van der Waals surface area contributed by atoms with Gasteiger partial charge < -0.3 is 5.32 Å². The van der Waals surface area contributed by atoms with Gasteiger partial charge in [-0.2, -0.15) is 0 Å². The van der Waals surface area contributed by atoms with Gasteiger partial charge in [0.15, 0.2) is 0 Å². The van der Waals surface area contributed by atoms with Gasteiger partial charge in [-0.3, -0.25) is 10.1 Å². The topological polar surface area (TPSA) is 55.2 Å². The summed E-state index contributed by atoms with van der Waals surface area (Å²) in [7, 11) is 0. The van der Waals surface area contributed by atoms with Crippen LogP contribution in [0.4, 0.5) is 5.69 Å². The Balaban J connectivity index is 2.51. The van der Waals surface area contributed by atoms with Crippen LogP contribution in [0.3, 0.4) is 0 Å². The van der Waals surface area contributed by atoms with Gasteiger partial charge in [-0.15, -0.1) is 0 Å². The first-order chi connectivity index (χ1) is 8.67. The van der Waals surface area contributed by atoms with Crippen molar-refractivity contribution in [2.75, 3.05) is 0 Å². The zero-order valence-corrected chi connectivity index (χ0v) is 11.2. The van der Waals surface area contributed by atoms with Crippen molar-refractivity contribution >= 4 is 5.69 Å². The van der Waals surface area contributed by atoms with E-state index >= 15 is 0 Å². The lowest BCUT2D eigenvalue weighted by atomic mass is 10.1. The third kappa shape index (κ3) is 4.84. The van der Waals surface area contributed by atoms with Gasteiger partial charge in [0.2, 0.25) is 0 Å². The van der Waals surface area contributed by atoms with Gasteiger partial charge >= 0.3 is 0 Å². The molecule has 0 bridgehead atoms. The molecule has 0 radical (unpaired) electrons. The van der Waals surface area contributed by atoms with Crippen LogP contribution in [-0.4, -0.2) is 11.0 Å². The minimum Gasteiger partial charge on any atom is -0.310 e. The van der Waals surface area contributed by atoms with E-state index in [2.05, 4.69) is 19.2 Å². The number of nitro benzene ring substituents is 1. The highest BCUT2D eigenvalue weighted by Gasteiger charge is 2.08. The van der Waals surface area contributed by atoms with Crippen LogP contribution >= 0.6 is 0 Å². The molecule has 4 nitrogen and oxygen atoms in total. The summed E-state index contributed by atoms with van der Waals surface area (Å²) in [6.07, 6.45) is 4.69. The first-order valence-corrected chi connectivity index (χ1v) is 6.64. The summed E-state index contributed by atoms with van der Waals surface area (Å²) in [6, 6.07) is 7.33. The second kappa shape index (κ2) is 7.82. The highest BCUT2D eigenvalue weighted by atomic mass is 16.6. The van der Waals surface area contributed by atoms with Crippen LogP contribution in [-0.2, 0) is 6.54 Å². The Hall–Kier alpha value is -1.42. The monoisotopic (exact) mass is 250 g/mol. The summed E-state index contributed by atoms with van der Waals surface area (Å²) < 4.78 is 0. The smallest absolute Gasteiger partial charge is 0.269 e. The Morgan fingerprint density at radius 1 is 1.39 bits per heavy atom. The lowest BCUT2D eigenvalue weighted by molar-refractivity contribution is -0.384. The van der Waals surface area contributed by atoms with Crippen LogP contribution in [0.2, 0.25) is 0 Å². The molecule has 0 spiro atoms. The standard InChI is InChI=1S/C14H22N2O2/c1-3-5-8-13(4-2)15-11-12-7-6-9-14(10-12)16(17)18/h6-7,9-10,13,15H,3-5,8,11H2,1-2H3. The largest absolute Gasteiger partial charge is 0.310 e. The number of non-ortho nitro benzene ring substituents is 1. The lowest BCUT2D eigenvalue weighted by Gasteiger charge is -2.16. The maximum atomic E-state index is 10.7. The molecule has 0 aliphatic rings. The second-order valence-corrected chi connectivity index (χ2v) is 4.56. The molecule has 0 fully saturated rings. The van der Waals surface area contributed by atoms with E-state index in [4.69, 9.17) is 0 Å². The van der Waals surface area contributed by atoms with E-state index in [0.29, 0.717) is 12.6 Å². The van der Waals surface area contributed by atoms with Crippen LogP contribution in [0.15, 0.2) is 24.3 Å². The molecular formula is C14H22N2O2. The van der Waals surface area contributed by atoms with Gasteiger partial charge in [0.05, 0.1) is 4.92 Å². The maximum Gasteiger partial charge on any atom is 0.269 e. The number of unbranched alkanes of at least 4 members (excludes halogenated alkanes) is 1. The van der Waals surface area contributed by atoms with Gasteiger partial charge in [-0.05, 0) is 18.4 Å². The first kappa shape index (κ1) is 14.6. The third-order valence-electron chi connectivity index (χ3n) is 3.12. The fraction of sp³-hybridized carbons (Fsp3) is 0.571. The number of nitrogens with zero attached hydrogens (tertiary/aromatic N) is 1. The molecule has 1 rings (SSSR count). The summed E-state index contributed by atoms with van der Waals surface area (Å²) >= 11 is 0. The number of benzene rings is 1. The van der Waals surface area contributed by atoms with Crippen molar-refractivity contribution in [3.8, 4) is 0 Å². The molecule has 1 aromatic carbocycles. The molecule has 1 atom stereocenters. The summed E-state index contributed by atoms with van der Waals surface area (Å²) in [5.41, 5.74) is 1.13. The van der Waals surface area contributed by atoms with Crippen molar-refractivity contribution in [2.45, 2.75) is 52.1 Å². The fourth-order valence-corrected chi connectivity index (χ4v) is 1.94. The molecule has 0 aliphatic carbocycles. The van der Waals surface area contributed by atoms with Gasteiger partial charge in [0, 0.05) is 24.7 Å². The lowest BCUT2D eigenvalue weighted by Crippen LogP contribution is -2.27. The Morgan fingerprint density at radius 3 is 2.78 bits per heavy atom. The van der Waals surface area contributed by atoms with Gasteiger partial charge in [-0.25, -0.2) is 0 Å². The maximum absolute atomic E-state index is 10.7.